The SMILES string of the molecule is C=C(\C=C/C(=C\C)C1=C\C=C\C=c2/ccc(-c3c(-c4cccc(C)n4)nnn3Cc3cccnc3)cc2=C\1)/C=C/CCCCCC. The van der Waals surface area contributed by atoms with E-state index in [4.69, 9.17) is 4.98 Å². The number of fused-ring (bicyclic) bond motifs is 1. The van der Waals surface area contributed by atoms with Gasteiger partial charge in [-0.25, -0.2) is 4.68 Å². The zero-order chi connectivity index (χ0) is 32.1. The van der Waals surface area contributed by atoms with Crippen molar-refractivity contribution in [3.05, 3.63) is 155 Å². The number of benzene rings is 1. The predicted octanol–water partition coefficient (Wildman–Crippen LogP) is 8.40. The molecule has 3 heterocycles. The van der Waals surface area contributed by atoms with Gasteiger partial charge in [-0.05, 0) is 89.8 Å². The van der Waals surface area contributed by atoms with Crippen LogP contribution < -0.4 is 10.4 Å². The summed E-state index contributed by atoms with van der Waals surface area (Å²) in [7, 11) is 0. The lowest BCUT2D eigenvalue weighted by Gasteiger charge is -2.10. The third kappa shape index (κ3) is 8.51. The molecule has 0 atom stereocenters. The first-order valence-corrected chi connectivity index (χ1v) is 16.2. The third-order valence-electron chi connectivity index (χ3n) is 7.93. The molecule has 1 aromatic carbocycles. The van der Waals surface area contributed by atoms with Crippen LogP contribution in [-0.2, 0) is 6.54 Å². The Balaban J connectivity index is 1.50. The number of aromatic nitrogens is 5. The minimum atomic E-state index is 0.549. The van der Waals surface area contributed by atoms with Crippen LogP contribution in [0.25, 0.3) is 34.8 Å². The van der Waals surface area contributed by atoms with Gasteiger partial charge in [0.2, 0.25) is 0 Å². The number of nitrogens with zero attached hydrogens (tertiary/aromatic N) is 5. The highest BCUT2D eigenvalue weighted by Gasteiger charge is 2.18. The molecule has 5 nitrogen and oxygen atoms in total. The fourth-order valence-corrected chi connectivity index (χ4v) is 5.47. The van der Waals surface area contributed by atoms with E-state index in [1.54, 1.807) is 6.20 Å². The summed E-state index contributed by atoms with van der Waals surface area (Å²) in [6, 6.07) is 16.5. The number of pyridine rings is 2. The monoisotopic (exact) mass is 605 g/mol. The Morgan fingerprint density at radius 2 is 1.83 bits per heavy atom. The summed E-state index contributed by atoms with van der Waals surface area (Å²) in [6.45, 7) is 11.1. The Kier molecular flexibility index (Phi) is 11.4. The highest BCUT2D eigenvalue weighted by atomic mass is 15.4. The maximum atomic E-state index is 4.79. The lowest BCUT2D eigenvalue weighted by molar-refractivity contribution is 0.654. The molecule has 46 heavy (non-hydrogen) atoms. The summed E-state index contributed by atoms with van der Waals surface area (Å²) in [5.74, 6) is 0. The van der Waals surface area contributed by atoms with Crippen LogP contribution in [0.15, 0.2) is 133 Å². The van der Waals surface area contributed by atoms with E-state index in [-0.39, 0.29) is 0 Å². The van der Waals surface area contributed by atoms with E-state index in [1.165, 1.54) is 25.7 Å². The van der Waals surface area contributed by atoms with Crippen molar-refractivity contribution in [1.29, 1.82) is 0 Å². The maximum Gasteiger partial charge on any atom is 0.139 e. The van der Waals surface area contributed by atoms with Gasteiger partial charge in [0.15, 0.2) is 0 Å². The normalized spacial score (nSPS) is 15.8. The van der Waals surface area contributed by atoms with Gasteiger partial charge in [-0.2, -0.15) is 0 Å². The highest BCUT2D eigenvalue weighted by molar-refractivity contribution is 5.77. The lowest BCUT2D eigenvalue weighted by atomic mass is 9.98. The number of aryl methyl sites for hydroxylation is 1. The first-order chi connectivity index (χ1) is 22.6. The molecule has 1 aliphatic carbocycles. The van der Waals surface area contributed by atoms with Crippen LogP contribution in [0, 0.1) is 6.92 Å². The lowest BCUT2D eigenvalue weighted by Crippen LogP contribution is -2.25. The molecule has 0 saturated carbocycles. The number of hydrogen-bond donors (Lipinski definition) is 0. The molecular weight excluding hydrogens is 562 g/mol. The minimum absolute atomic E-state index is 0.549. The molecule has 5 rings (SSSR count). The number of rotatable bonds is 13. The first kappa shape index (κ1) is 32.2. The van der Waals surface area contributed by atoms with E-state index in [2.05, 4.69) is 121 Å². The first-order valence-electron chi connectivity index (χ1n) is 16.2. The summed E-state index contributed by atoms with van der Waals surface area (Å²) in [4.78, 5) is 9.10. The van der Waals surface area contributed by atoms with Gasteiger partial charge in [-0.1, -0.05) is 117 Å². The summed E-state index contributed by atoms with van der Waals surface area (Å²) in [5.41, 5.74) is 8.75. The molecule has 0 amide bonds. The maximum absolute atomic E-state index is 4.79. The Bertz CT molecular complexity index is 1930. The van der Waals surface area contributed by atoms with Gasteiger partial charge in [0.1, 0.15) is 5.69 Å². The van der Waals surface area contributed by atoms with Crippen LogP contribution in [0.2, 0.25) is 0 Å². The van der Waals surface area contributed by atoms with Crippen molar-refractivity contribution >= 4 is 12.2 Å². The van der Waals surface area contributed by atoms with Gasteiger partial charge in [-0.3, -0.25) is 9.97 Å². The fraction of sp³-hybridized carbons (Fsp3) is 0.220. The van der Waals surface area contributed by atoms with Crippen molar-refractivity contribution in [2.45, 2.75) is 59.4 Å². The average molecular weight is 606 g/mol. The van der Waals surface area contributed by atoms with Gasteiger partial charge in [0.05, 0.1) is 17.9 Å². The second-order valence-corrected chi connectivity index (χ2v) is 11.5. The highest BCUT2D eigenvalue weighted by Crippen LogP contribution is 2.29. The van der Waals surface area contributed by atoms with Crippen molar-refractivity contribution < 1.29 is 0 Å². The topological polar surface area (TPSA) is 56.5 Å². The molecule has 0 fully saturated rings. The summed E-state index contributed by atoms with van der Waals surface area (Å²) in [6.07, 6.45) is 31.4. The van der Waals surface area contributed by atoms with Crippen LogP contribution in [-0.4, -0.2) is 25.0 Å². The quantitative estimate of drug-likeness (QED) is 0.113. The van der Waals surface area contributed by atoms with Crippen molar-refractivity contribution in [3.8, 4) is 22.6 Å². The molecule has 0 saturated heterocycles. The molecule has 4 aromatic rings. The molecule has 0 N–H and O–H groups in total. The van der Waals surface area contributed by atoms with Crippen LogP contribution in [0.1, 0.15) is 57.2 Å². The van der Waals surface area contributed by atoms with Crippen molar-refractivity contribution in [2.75, 3.05) is 0 Å². The molecule has 232 valence electrons. The molecule has 0 bridgehead atoms. The van der Waals surface area contributed by atoms with Crippen LogP contribution in [0.3, 0.4) is 0 Å². The molecular formula is C41H43N5. The predicted molar refractivity (Wildman–Crippen MR) is 192 cm³/mol. The zero-order valence-electron chi connectivity index (χ0n) is 27.2. The Labute approximate surface area is 273 Å². The Morgan fingerprint density at radius 1 is 0.935 bits per heavy atom. The summed E-state index contributed by atoms with van der Waals surface area (Å²) in [5, 5.41) is 11.5. The summed E-state index contributed by atoms with van der Waals surface area (Å²) < 4.78 is 1.95. The van der Waals surface area contributed by atoms with E-state index in [1.807, 2.05) is 42.1 Å². The Morgan fingerprint density at radius 3 is 2.63 bits per heavy atom. The largest absolute Gasteiger partial charge is 0.264 e. The van der Waals surface area contributed by atoms with Crippen molar-refractivity contribution in [3.63, 3.8) is 0 Å². The molecule has 0 radical (unpaired) electrons. The smallest absolute Gasteiger partial charge is 0.139 e. The standard InChI is InChI=1S/C41H43N5/c1-5-7-8-9-10-11-16-31(3)22-23-34(6-2)36-20-13-12-19-35-24-25-37(28-38(35)27-36)41-40(39-21-14-17-32(4)43-39)44-45-46(41)30-33-18-15-26-42-29-33/h6,11-29H,3,5,7-10,30H2,1-2,4H3/b13-12+,16-11+,19-12?,20-13?,23-22-,34-6+,35-19+,36-20-,36-27?,38-27?. The van der Waals surface area contributed by atoms with Crippen LogP contribution in [0.5, 0.6) is 0 Å². The molecule has 0 spiro atoms. The molecule has 1 aliphatic rings. The van der Waals surface area contributed by atoms with Gasteiger partial charge in [0.25, 0.3) is 0 Å². The molecule has 3 aromatic heterocycles. The number of hydrogen-bond acceptors (Lipinski definition) is 4. The number of allylic oxidation sites excluding steroid dienone is 11. The van der Waals surface area contributed by atoms with Crippen LogP contribution >= 0.6 is 0 Å². The fourth-order valence-electron chi connectivity index (χ4n) is 5.47. The zero-order valence-corrected chi connectivity index (χ0v) is 27.2. The van der Waals surface area contributed by atoms with Gasteiger partial charge in [0, 0.05) is 23.7 Å². The average Bonchev–Trinajstić information content (AvgIpc) is 3.47. The van der Waals surface area contributed by atoms with E-state index in [0.29, 0.717) is 6.54 Å². The van der Waals surface area contributed by atoms with Crippen molar-refractivity contribution in [1.82, 2.24) is 25.0 Å². The van der Waals surface area contributed by atoms with Gasteiger partial charge in [-0.15, -0.1) is 5.10 Å². The molecule has 5 heteroatoms. The summed E-state index contributed by atoms with van der Waals surface area (Å²) >= 11 is 0. The van der Waals surface area contributed by atoms with Gasteiger partial charge < -0.3 is 0 Å². The van der Waals surface area contributed by atoms with E-state index < -0.39 is 0 Å². The molecule has 0 unspecified atom stereocenters. The second kappa shape index (κ2) is 16.2. The van der Waals surface area contributed by atoms with Gasteiger partial charge >= 0.3 is 0 Å². The van der Waals surface area contributed by atoms with E-state index in [9.17, 15) is 0 Å². The minimum Gasteiger partial charge on any atom is -0.264 e. The second-order valence-electron chi connectivity index (χ2n) is 11.5. The van der Waals surface area contributed by atoms with E-state index >= 15 is 0 Å². The van der Waals surface area contributed by atoms with Crippen molar-refractivity contribution in [2.24, 2.45) is 0 Å². The molecule has 0 aliphatic heterocycles. The Hall–Kier alpha value is -5.16. The third-order valence-corrected chi connectivity index (χ3v) is 7.93. The number of unbranched alkanes of at least 4 members (excludes halogenated alkanes) is 4. The van der Waals surface area contributed by atoms with E-state index in [0.717, 1.165) is 67.5 Å². The van der Waals surface area contributed by atoms with Crippen LogP contribution in [0.4, 0.5) is 0 Å².